The molecule has 0 saturated carbocycles. The molecule has 0 atom stereocenters. The van der Waals surface area contributed by atoms with Crippen LogP contribution in [0.1, 0.15) is 12.0 Å². The highest BCUT2D eigenvalue weighted by Gasteiger charge is 2.02. The van der Waals surface area contributed by atoms with Gasteiger partial charge in [0.1, 0.15) is 6.54 Å². The quantitative estimate of drug-likeness (QED) is 0.627. The molecule has 19 heavy (non-hydrogen) atoms. The van der Waals surface area contributed by atoms with Crippen LogP contribution in [0.15, 0.2) is 18.5 Å². The second-order valence-corrected chi connectivity index (χ2v) is 4.12. The number of carbonyl (C=O) groups is 1. The number of nitriles is 1. The van der Waals surface area contributed by atoms with Gasteiger partial charge in [0.15, 0.2) is 0 Å². The van der Waals surface area contributed by atoms with Gasteiger partial charge in [-0.3, -0.25) is 4.79 Å². The molecule has 6 nitrogen and oxygen atoms in total. The van der Waals surface area contributed by atoms with E-state index in [1.807, 2.05) is 29.1 Å². The van der Waals surface area contributed by atoms with E-state index >= 15 is 0 Å². The fraction of sp³-hybridized carbons (Fsp3) is 0.538. The topological polar surface area (TPSA) is 79.1 Å². The van der Waals surface area contributed by atoms with Crippen LogP contribution in [0.2, 0.25) is 0 Å². The van der Waals surface area contributed by atoms with Crippen molar-refractivity contribution in [3.63, 3.8) is 0 Å². The maximum absolute atomic E-state index is 11.5. The van der Waals surface area contributed by atoms with Gasteiger partial charge in [0.05, 0.1) is 19.1 Å². The maximum Gasteiger partial charge on any atom is 0.239 e. The van der Waals surface area contributed by atoms with E-state index < -0.39 is 0 Å². The summed E-state index contributed by atoms with van der Waals surface area (Å²) in [6.45, 7) is 2.93. The molecule has 1 rings (SSSR count). The van der Waals surface area contributed by atoms with E-state index in [9.17, 15) is 4.79 Å². The Bertz CT molecular complexity index is 423. The van der Waals surface area contributed by atoms with Crippen molar-refractivity contribution in [2.75, 3.05) is 26.8 Å². The Labute approximate surface area is 113 Å². The van der Waals surface area contributed by atoms with Crippen molar-refractivity contribution < 1.29 is 9.53 Å². The number of rotatable bonds is 9. The molecule has 0 aliphatic heterocycles. The highest BCUT2D eigenvalue weighted by molar-refractivity contribution is 5.75. The first-order valence-electron chi connectivity index (χ1n) is 6.24. The number of aromatic nitrogens is 1. The number of carbonyl (C=O) groups excluding carboxylic acids is 1. The third-order valence-electron chi connectivity index (χ3n) is 2.51. The lowest BCUT2D eigenvalue weighted by atomic mass is 10.3. The smallest absolute Gasteiger partial charge is 0.239 e. The van der Waals surface area contributed by atoms with Crippen molar-refractivity contribution >= 4 is 5.91 Å². The normalized spacial score (nSPS) is 10.1. The fourth-order valence-corrected chi connectivity index (χ4v) is 1.58. The number of nitrogens with zero attached hydrogens (tertiary/aromatic N) is 2. The van der Waals surface area contributed by atoms with E-state index in [2.05, 4.69) is 10.6 Å². The Morgan fingerprint density at radius 2 is 2.37 bits per heavy atom. The zero-order valence-electron chi connectivity index (χ0n) is 11.2. The summed E-state index contributed by atoms with van der Waals surface area (Å²) in [6.07, 6.45) is 4.15. The average molecular weight is 264 g/mol. The second-order valence-electron chi connectivity index (χ2n) is 4.12. The van der Waals surface area contributed by atoms with E-state index in [0.29, 0.717) is 19.6 Å². The van der Waals surface area contributed by atoms with Crippen LogP contribution >= 0.6 is 0 Å². The van der Waals surface area contributed by atoms with Gasteiger partial charge in [0.25, 0.3) is 0 Å². The van der Waals surface area contributed by atoms with Crippen LogP contribution in [0, 0.1) is 11.3 Å². The fourth-order valence-electron chi connectivity index (χ4n) is 1.58. The lowest BCUT2D eigenvalue weighted by Gasteiger charge is -2.04. The molecule has 2 N–H and O–H groups in total. The molecule has 0 spiro atoms. The molecule has 0 unspecified atom stereocenters. The third kappa shape index (κ3) is 6.60. The van der Waals surface area contributed by atoms with Crippen LogP contribution in [-0.4, -0.2) is 37.3 Å². The van der Waals surface area contributed by atoms with E-state index in [-0.39, 0.29) is 12.5 Å². The summed E-state index contributed by atoms with van der Waals surface area (Å²) in [5.74, 6) is -0.0789. The molecule has 1 aromatic rings. The molecule has 1 amide bonds. The van der Waals surface area contributed by atoms with Crippen LogP contribution in [0.25, 0.3) is 0 Å². The monoisotopic (exact) mass is 264 g/mol. The Balaban J connectivity index is 2.26. The minimum atomic E-state index is -0.0789. The Morgan fingerprint density at radius 1 is 1.53 bits per heavy atom. The Kier molecular flexibility index (Phi) is 7.32. The van der Waals surface area contributed by atoms with Gasteiger partial charge in [-0.15, -0.1) is 0 Å². The van der Waals surface area contributed by atoms with Crippen LogP contribution in [0.5, 0.6) is 0 Å². The van der Waals surface area contributed by atoms with E-state index in [4.69, 9.17) is 10.00 Å². The lowest BCUT2D eigenvalue weighted by Crippen LogP contribution is -2.27. The van der Waals surface area contributed by atoms with E-state index in [0.717, 1.165) is 18.7 Å². The predicted molar refractivity (Wildman–Crippen MR) is 71.3 cm³/mol. The first kappa shape index (κ1) is 15.2. The molecule has 0 bridgehead atoms. The number of amides is 1. The summed E-state index contributed by atoms with van der Waals surface area (Å²) in [6, 6.07) is 3.96. The Morgan fingerprint density at radius 3 is 3.11 bits per heavy atom. The minimum absolute atomic E-state index is 0.0789. The maximum atomic E-state index is 11.5. The highest BCUT2D eigenvalue weighted by Crippen LogP contribution is 2.00. The number of nitrogens with one attached hydrogen (secondary N) is 2. The summed E-state index contributed by atoms with van der Waals surface area (Å²) in [7, 11) is 1.67. The van der Waals surface area contributed by atoms with Gasteiger partial charge in [-0.05, 0) is 11.6 Å². The Hall–Kier alpha value is -1.84. The van der Waals surface area contributed by atoms with Crippen molar-refractivity contribution in [1.82, 2.24) is 15.2 Å². The largest absolute Gasteiger partial charge is 0.383 e. The zero-order valence-corrected chi connectivity index (χ0v) is 11.2. The van der Waals surface area contributed by atoms with Crippen molar-refractivity contribution in [2.45, 2.75) is 19.5 Å². The zero-order chi connectivity index (χ0) is 13.9. The van der Waals surface area contributed by atoms with Gasteiger partial charge in [0, 0.05) is 39.1 Å². The molecule has 0 aliphatic carbocycles. The third-order valence-corrected chi connectivity index (χ3v) is 2.51. The first-order valence-corrected chi connectivity index (χ1v) is 6.24. The summed E-state index contributed by atoms with van der Waals surface area (Å²) in [4.78, 5) is 11.5. The highest BCUT2D eigenvalue weighted by atomic mass is 16.5. The number of hydrogen-bond acceptors (Lipinski definition) is 4. The van der Waals surface area contributed by atoms with Crippen LogP contribution < -0.4 is 10.6 Å². The molecule has 1 heterocycles. The van der Waals surface area contributed by atoms with Gasteiger partial charge in [-0.1, -0.05) is 0 Å². The van der Waals surface area contributed by atoms with Gasteiger partial charge in [0.2, 0.25) is 5.91 Å². The van der Waals surface area contributed by atoms with E-state index in [1.54, 1.807) is 7.11 Å². The van der Waals surface area contributed by atoms with Gasteiger partial charge in [-0.25, -0.2) is 0 Å². The summed E-state index contributed by atoms with van der Waals surface area (Å²) in [5, 5.41) is 14.3. The molecule has 0 radical (unpaired) electrons. The van der Waals surface area contributed by atoms with E-state index in [1.165, 1.54) is 0 Å². The van der Waals surface area contributed by atoms with Crippen molar-refractivity contribution in [3.05, 3.63) is 24.0 Å². The van der Waals surface area contributed by atoms with Gasteiger partial charge >= 0.3 is 0 Å². The number of hydrogen-bond donors (Lipinski definition) is 2. The second kappa shape index (κ2) is 9.14. The number of ether oxygens (including phenoxy) is 1. The van der Waals surface area contributed by atoms with Crippen LogP contribution in [0.3, 0.4) is 0 Å². The standard InChI is InChI=1S/C13H20N4O2/c1-19-8-6-15-9-12-3-7-17(10-12)11-13(18)16-5-2-4-14/h3,7,10,15H,2,5-6,8-9,11H2,1H3,(H,16,18). The van der Waals surface area contributed by atoms with Crippen LogP contribution in [-0.2, 0) is 22.6 Å². The summed E-state index contributed by atoms with van der Waals surface area (Å²) in [5.41, 5.74) is 1.13. The van der Waals surface area contributed by atoms with Crippen molar-refractivity contribution in [2.24, 2.45) is 0 Å². The molecule has 0 aliphatic rings. The number of methoxy groups -OCH3 is 1. The molecule has 6 heteroatoms. The van der Waals surface area contributed by atoms with Gasteiger partial charge < -0.3 is 19.9 Å². The average Bonchev–Trinajstić information content (AvgIpc) is 2.82. The molecule has 0 fully saturated rings. The summed E-state index contributed by atoms with van der Waals surface area (Å²) < 4.78 is 6.77. The van der Waals surface area contributed by atoms with Crippen LogP contribution in [0.4, 0.5) is 0 Å². The molecular weight excluding hydrogens is 244 g/mol. The summed E-state index contributed by atoms with van der Waals surface area (Å²) >= 11 is 0. The predicted octanol–water partition coefficient (Wildman–Crippen LogP) is 0.254. The molecular formula is C13H20N4O2. The molecule has 104 valence electrons. The first-order chi connectivity index (χ1) is 9.26. The SMILES string of the molecule is COCCNCc1ccn(CC(=O)NCCC#N)c1. The minimum Gasteiger partial charge on any atom is -0.383 e. The van der Waals surface area contributed by atoms with Gasteiger partial charge in [-0.2, -0.15) is 5.26 Å². The molecule has 0 aromatic carbocycles. The lowest BCUT2D eigenvalue weighted by molar-refractivity contribution is -0.121. The molecule has 0 saturated heterocycles. The molecule has 1 aromatic heterocycles. The van der Waals surface area contributed by atoms with Crippen molar-refractivity contribution in [3.8, 4) is 6.07 Å². The van der Waals surface area contributed by atoms with Crippen molar-refractivity contribution in [1.29, 1.82) is 5.26 Å².